The molecule has 1 amide bonds. The molecule has 100 valence electrons. The standard InChI is InChI=1S/C13H20N2O2S/c1-13(2)12(16)15(9-10(8-14)17-13)6-5-11-4-3-7-18-11/h3-4,7,10H,5-6,8-9,14H2,1-2H3. The molecule has 1 aromatic heterocycles. The number of carbonyl (C=O) groups is 1. The van der Waals surface area contributed by atoms with Gasteiger partial charge >= 0.3 is 0 Å². The highest BCUT2D eigenvalue weighted by Crippen LogP contribution is 2.22. The Morgan fingerprint density at radius 3 is 3.00 bits per heavy atom. The monoisotopic (exact) mass is 268 g/mol. The summed E-state index contributed by atoms with van der Waals surface area (Å²) in [5.41, 5.74) is 4.91. The predicted octanol–water partition coefficient (Wildman–Crippen LogP) is 1.26. The third kappa shape index (κ3) is 2.91. The lowest BCUT2D eigenvalue weighted by Gasteiger charge is -2.41. The molecular formula is C13H20N2O2S. The first-order valence-electron chi connectivity index (χ1n) is 6.22. The van der Waals surface area contributed by atoms with E-state index in [4.69, 9.17) is 10.5 Å². The van der Waals surface area contributed by atoms with Gasteiger partial charge in [0.05, 0.1) is 6.10 Å². The molecule has 5 heteroatoms. The summed E-state index contributed by atoms with van der Waals surface area (Å²) >= 11 is 1.73. The molecule has 0 aliphatic carbocycles. The van der Waals surface area contributed by atoms with Crippen molar-refractivity contribution < 1.29 is 9.53 Å². The number of nitrogens with zero attached hydrogens (tertiary/aromatic N) is 1. The van der Waals surface area contributed by atoms with Gasteiger partial charge in [-0.1, -0.05) is 6.07 Å². The largest absolute Gasteiger partial charge is 0.359 e. The minimum atomic E-state index is -0.752. The smallest absolute Gasteiger partial charge is 0.254 e. The highest BCUT2D eigenvalue weighted by Gasteiger charge is 2.40. The first-order chi connectivity index (χ1) is 8.53. The summed E-state index contributed by atoms with van der Waals surface area (Å²) in [4.78, 5) is 15.4. The maximum absolute atomic E-state index is 12.2. The number of nitrogens with two attached hydrogens (primary N) is 1. The van der Waals surface area contributed by atoms with Crippen LogP contribution in [0.1, 0.15) is 18.7 Å². The van der Waals surface area contributed by atoms with E-state index in [1.165, 1.54) is 4.88 Å². The van der Waals surface area contributed by atoms with Gasteiger partial charge in [-0.2, -0.15) is 0 Å². The fourth-order valence-electron chi connectivity index (χ4n) is 2.23. The molecule has 0 bridgehead atoms. The van der Waals surface area contributed by atoms with Crippen LogP contribution in [0, 0.1) is 0 Å². The molecule has 2 N–H and O–H groups in total. The SMILES string of the molecule is CC1(C)OC(CN)CN(CCc2cccs2)C1=O. The van der Waals surface area contributed by atoms with Crippen LogP contribution in [0.5, 0.6) is 0 Å². The molecule has 2 heterocycles. The number of carbonyl (C=O) groups excluding carboxylic acids is 1. The summed E-state index contributed by atoms with van der Waals surface area (Å²) in [6.45, 7) is 5.42. The first kappa shape index (κ1) is 13.5. The van der Waals surface area contributed by atoms with Crippen LogP contribution in [0.4, 0.5) is 0 Å². The Morgan fingerprint density at radius 1 is 1.61 bits per heavy atom. The van der Waals surface area contributed by atoms with Gasteiger partial charge in [0.1, 0.15) is 5.60 Å². The lowest BCUT2D eigenvalue weighted by Crippen LogP contribution is -2.59. The Labute approximate surface area is 112 Å². The minimum Gasteiger partial charge on any atom is -0.359 e. The van der Waals surface area contributed by atoms with Gasteiger partial charge in [-0.25, -0.2) is 0 Å². The lowest BCUT2D eigenvalue weighted by molar-refractivity contribution is -0.177. The Hall–Kier alpha value is -0.910. The fraction of sp³-hybridized carbons (Fsp3) is 0.615. The molecule has 1 aliphatic heterocycles. The quantitative estimate of drug-likeness (QED) is 0.894. The molecule has 0 radical (unpaired) electrons. The Kier molecular flexibility index (Phi) is 4.04. The number of morpholine rings is 1. The molecule has 18 heavy (non-hydrogen) atoms. The van der Waals surface area contributed by atoms with Crippen molar-refractivity contribution >= 4 is 17.2 Å². The molecule has 2 rings (SSSR count). The maximum Gasteiger partial charge on any atom is 0.254 e. The van der Waals surface area contributed by atoms with E-state index in [9.17, 15) is 4.79 Å². The second-order valence-electron chi connectivity index (χ2n) is 5.07. The Bertz CT molecular complexity index is 403. The van der Waals surface area contributed by atoms with Gasteiger partial charge in [-0.15, -0.1) is 11.3 Å². The summed E-state index contributed by atoms with van der Waals surface area (Å²) in [5, 5.41) is 2.06. The van der Waals surface area contributed by atoms with E-state index in [2.05, 4.69) is 11.4 Å². The number of ether oxygens (including phenoxy) is 1. The van der Waals surface area contributed by atoms with Gasteiger partial charge in [0.15, 0.2) is 0 Å². The number of thiophene rings is 1. The third-order valence-corrected chi connectivity index (χ3v) is 4.09. The van der Waals surface area contributed by atoms with Crippen molar-refractivity contribution in [2.75, 3.05) is 19.6 Å². The highest BCUT2D eigenvalue weighted by atomic mass is 32.1. The molecule has 1 saturated heterocycles. The van der Waals surface area contributed by atoms with E-state index in [0.717, 1.165) is 13.0 Å². The topological polar surface area (TPSA) is 55.6 Å². The molecule has 1 fully saturated rings. The molecule has 0 spiro atoms. The molecular weight excluding hydrogens is 248 g/mol. The van der Waals surface area contributed by atoms with E-state index in [-0.39, 0.29) is 12.0 Å². The van der Waals surface area contributed by atoms with Crippen molar-refractivity contribution in [2.24, 2.45) is 5.73 Å². The molecule has 1 atom stereocenters. The van der Waals surface area contributed by atoms with Gasteiger partial charge in [0.2, 0.25) is 0 Å². The second-order valence-corrected chi connectivity index (χ2v) is 6.10. The second kappa shape index (κ2) is 5.38. The first-order valence-corrected chi connectivity index (χ1v) is 7.10. The van der Waals surface area contributed by atoms with Crippen LogP contribution in [-0.4, -0.2) is 42.1 Å². The van der Waals surface area contributed by atoms with E-state index < -0.39 is 5.60 Å². The highest BCUT2D eigenvalue weighted by molar-refractivity contribution is 7.09. The van der Waals surface area contributed by atoms with Gasteiger partial charge < -0.3 is 15.4 Å². The molecule has 0 saturated carbocycles. The summed E-state index contributed by atoms with van der Waals surface area (Å²) in [5.74, 6) is 0.0590. The van der Waals surface area contributed by atoms with Gasteiger partial charge in [-0.05, 0) is 31.7 Å². The fourth-order valence-corrected chi connectivity index (χ4v) is 2.93. The van der Waals surface area contributed by atoms with Gasteiger partial charge in [0.25, 0.3) is 5.91 Å². The maximum atomic E-state index is 12.2. The summed E-state index contributed by atoms with van der Waals surface area (Å²) in [7, 11) is 0. The van der Waals surface area contributed by atoms with Crippen LogP contribution in [0.2, 0.25) is 0 Å². The van der Waals surface area contributed by atoms with Crippen LogP contribution in [-0.2, 0) is 16.0 Å². The third-order valence-electron chi connectivity index (χ3n) is 3.16. The van der Waals surface area contributed by atoms with E-state index in [1.807, 2.05) is 24.8 Å². The van der Waals surface area contributed by atoms with Crippen LogP contribution < -0.4 is 5.73 Å². The van der Waals surface area contributed by atoms with Crippen LogP contribution >= 0.6 is 11.3 Å². The summed E-state index contributed by atoms with van der Waals surface area (Å²) in [6.07, 6.45) is 0.845. The minimum absolute atomic E-state index is 0.0546. The lowest BCUT2D eigenvalue weighted by atomic mass is 10.0. The van der Waals surface area contributed by atoms with Crippen molar-refractivity contribution in [2.45, 2.75) is 32.0 Å². The van der Waals surface area contributed by atoms with Crippen LogP contribution in [0.3, 0.4) is 0 Å². The van der Waals surface area contributed by atoms with Gasteiger partial charge in [-0.3, -0.25) is 4.79 Å². The predicted molar refractivity (Wildman–Crippen MR) is 72.6 cm³/mol. The van der Waals surface area contributed by atoms with Crippen molar-refractivity contribution in [1.82, 2.24) is 4.90 Å². The van der Waals surface area contributed by atoms with Gasteiger partial charge in [0, 0.05) is 24.5 Å². The number of hydrogen-bond acceptors (Lipinski definition) is 4. The van der Waals surface area contributed by atoms with Crippen molar-refractivity contribution in [3.8, 4) is 0 Å². The van der Waals surface area contributed by atoms with Crippen LogP contribution in [0.15, 0.2) is 17.5 Å². The molecule has 0 aromatic carbocycles. The Balaban J connectivity index is 1.99. The summed E-state index contributed by atoms with van der Waals surface area (Å²) in [6, 6.07) is 4.13. The van der Waals surface area contributed by atoms with Crippen LogP contribution in [0.25, 0.3) is 0 Å². The van der Waals surface area contributed by atoms with Crippen molar-refractivity contribution in [1.29, 1.82) is 0 Å². The molecule has 1 aromatic rings. The van der Waals surface area contributed by atoms with Crippen molar-refractivity contribution in [3.63, 3.8) is 0 Å². The normalized spacial score (nSPS) is 23.4. The average molecular weight is 268 g/mol. The number of hydrogen-bond donors (Lipinski definition) is 1. The van der Waals surface area contributed by atoms with E-state index >= 15 is 0 Å². The van der Waals surface area contributed by atoms with Crippen molar-refractivity contribution in [3.05, 3.63) is 22.4 Å². The zero-order valence-electron chi connectivity index (χ0n) is 10.9. The average Bonchev–Trinajstić information content (AvgIpc) is 2.83. The zero-order chi connectivity index (χ0) is 13.2. The number of amides is 1. The van der Waals surface area contributed by atoms with E-state index in [1.54, 1.807) is 11.3 Å². The number of rotatable bonds is 4. The molecule has 1 aliphatic rings. The summed E-state index contributed by atoms with van der Waals surface area (Å²) < 4.78 is 5.69. The zero-order valence-corrected chi connectivity index (χ0v) is 11.7. The Morgan fingerprint density at radius 2 is 2.39 bits per heavy atom. The van der Waals surface area contributed by atoms with E-state index in [0.29, 0.717) is 13.1 Å². The molecule has 1 unspecified atom stereocenters. The molecule has 4 nitrogen and oxygen atoms in total.